The molecule has 1 saturated carbocycles. The maximum atomic E-state index is 2.78. The van der Waals surface area contributed by atoms with Crippen LogP contribution in [0, 0.1) is 6.92 Å². The summed E-state index contributed by atoms with van der Waals surface area (Å²) in [6.07, 6.45) is 4.76. The fourth-order valence-corrected chi connectivity index (χ4v) is 15.3. The van der Waals surface area contributed by atoms with Gasteiger partial charge in [-0.25, -0.2) is 0 Å². The van der Waals surface area contributed by atoms with Crippen LogP contribution in [0.5, 0.6) is 0 Å². The molecule has 0 bridgehead atoms. The third-order valence-electron chi connectivity index (χ3n) is 18.3. The topological polar surface area (TPSA) is 9.72 Å². The van der Waals surface area contributed by atoms with Crippen molar-refractivity contribution in [1.29, 1.82) is 0 Å². The predicted octanol–water partition coefficient (Wildman–Crippen LogP) is 18.1. The first-order valence-electron chi connectivity index (χ1n) is 27.7. The highest BCUT2D eigenvalue weighted by Crippen LogP contribution is 2.62. The van der Waals surface area contributed by atoms with Gasteiger partial charge in [0.15, 0.2) is 0 Å². The molecule has 2 unspecified atom stereocenters. The number of aryl methyl sites for hydroxylation is 1. The van der Waals surface area contributed by atoms with Gasteiger partial charge in [-0.1, -0.05) is 177 Å². The van der Waals surface area contributed by atoms with E-state index in [1.54, 1.807) is 0 Å². The monoisotopic (exact) mass is 1000 g/mol. The average molecular weight is 1000 g/mol. The third-order valence-corrected chi connectivity index (χ3v) is 19.5. The molecule has 9 aromatic carbocycles. The Morgan fingerprint density at radius 3 is 1.84 bits per heavy atom. The number of anilines is 8. The van der Waals surface area contributed by atoms with Gasteiger partial charge in [0.1, 0.15) is 0 Å². The van der Waals surface area contributed by atoms with E-state index < -0.39 is 0 Å². The van der Waals surface area contributed by atoms with Crippen molar-refractivity contribution in [2.45, 2.75) is 110 Å². The third kappa shape index (κ3) is 6.93. The second kappa shape index (κ2) is 16.8. The smallest absolute Gasteiger partial charge is 0.252 e. The molecule has 4 heterocycles. The second-order valence-electron chi connectivity index (χ2n) is 24.9. The number of rotatable bonds is 5. The van der Waals surface area contributed by atoms with Crippen LogP contribution in [0.25, 0.3) is 42.4 Å². The Morgan fingerprint density at radius 2 is 1.11 bits per heavy atom. The maximum absolute atomic E-state index is 2.78. The van der Waals surface area contributed by atoms with E-state index >= 15 is 0 Å². The van der Waals surface area contributed by atoms with Crippen LogP contribution in [0.15, 0.2) is 188 Å². The maximum Gasteiger partial charge on any atom is 0.252 e. The highest BCUT2D eigenvalue weighted by Gasteiger charge is 2.58. The van der Waals surface area contributed by atoms with E-state index in [1.165, 1.54) is 146 Å². The summed E-state index contributed by atoms with van der Waals surface area (Å²) >= 11 is 1.90. The van der Waals surface area contributed by atoms with Gasteiger partial charge in [0.2, 0.25) is 0 Å². The largest absolute Gasteiger partial charge is 0.334 e. The zero-order valence-electron chi connectivity index (χ0n) is 45.6. The lowest BCUT2D eigenvalue weighted by molar-refractivity contribution is 0.195. The molecule has 0 spiro atoms. The van der Waals surface area contributed by atoms with Gasteiger partial charge in [0.25, 0.3) is 6.71 Å². The summed E-state index contributed by atoms with van der Waals surface area (Å²) in [5, 5.41) is 2.62. The summed E-state index contributed by atoms with van der Waals surface area (Å²) in [5.74, 6) is 0. The first kappa shape index (κ1) is 47.1. The quantitative estimate of drug-likeness (QED) is 0.159. The van der Waals surface area contributed by atoms with Gasteiger partial charge >= 0.3 is 0 Å². The second-order valence-corrected chi connectivity index (χ2v) is 26.0. The fourth-order valence-electron chi connectivity index (χ4n) is 14.2. The molecule has 3 nitrogen and oxygen atoms in total. The molecule has 14 rings (SSSR count). The van der Waals surface area contributed by atoms with Crippen molar-refractivity contribution in [2.24, 2.45) is 0 Å². The standard InChI is InChI=1S/C71H66BN3S/c1-45-39-62-67-63(40-45)74(60-26-20-28-65-66(60)52-25-16-17-27-64(52)76-65)61-44-51(75-58-34-29-48(46-21-12-10-13-22-46)41-54(58)70(8)37-18-19-38-71(70,75)9)32-33-55(61)72(67)56-43-50(69(5,6)7)31-36-59(56)73(62)57-35-30-49(68(2,3)4)42-53(57)47-23-14-11-15-24-47/h10-17,20-36,39-44H,18-19,37-38H2,1-9H3. The minimum atomic E-state index is -0.125. The normalized spacial score (nSPS) is 18.6. The first-order chi connectivity index (χ1) is 36.6. The molecule has 374 valence electrons. The molecule has 5 heteroatoms. The van der Waals surface area contributed by atoms with Gasteiger partial charge in [0, 0.05) is 65.3 Å². The fraction of sp³-hybridized carbons (Fsp3) is 0.239. The lowest BCUT2D eigenvalue weighted by Gasteiger charge is -2.50. The lowest BCUT2D eigenvalue weighted by atomic mass is 9.33. The van der Waals surface area contributed by atoms with Crippen LogP contribution in [0.4, 0.5) is 45.5 Å². The molecule has 1 fully saturated rings. The zero-order valence-corrected chi connectivity index (χ0v) is 46.4. The molecule has 0 saturated heterocycles. The van der Waals surface area contributed by atoms with Crippen LogP contribution >= 0.6 is 11.3 Å². The number of nitrogens with zero attached hydrogens (tertiary/aromatic N) is 3. The van der Waals surface area contributed by atoms with Crippen molar-refractivity contribution in [3.63, 3.8) is 0 Å². The van der Waals surface area contributed by atoms with Gasteiger partial charge in [-0.2, -0.15) is 0 Å². The molecule has 4 aliphatic rings. The van der Waals surface area contributed by atoms with Crippen LogP contribution < -0.4 is 31.1 Å². The van der Waals surface area contributed by atoms with Gasteiger partial charge in [-0.05, 0) is 166 Å². The van der Waals surface area contributed by atoms with E-state index in [4.69, 9.17) is 0 Å². The Hall–Kier alpha value is -7.34. The van der Waals surface area contributed by atoms with E-state index in [0.717, 1.165) is 6.42 Å². The summed E-state index contributed by atoms with van der Waals surface area (Å²) < 4.78 is 2.62. The summed E-state index contributed by atoms with van der Waals surface area (Å²) in [6, 6.07) is 72.7. The van der Waals surface area contributed by atoms with E-state index in [9.17, 15) is 0 Å². The Bertz CT molecular complexity index is 3990. The molecule has 0 amide bonds. The predicted molar refractivity (Wildman–Crippen MR) is 329 cm³/mol. The van der Waals surface area contributed by atoms with E-state index in [-0.39, 0.29) is 28.5 Å². The average Bonchev–Trinajstić information content (AvgIpc) is 4.08. The highest BCUT2D eigenvalue weighted by atomic mass is 32.1. The highest BCUT2D eigenvalue weighted by molar-refractivity contribution is 7.26. The molecule has 1 aliphatic carbocycles. The number of hydrogen-bond donors (Lipinski definition) is 0. The molecule has 10 aromatic rings. The first-order valence-corrected chi connectivity index (χ1v) is 28.6. The van der Waals surface area contributed by atoms with E-state index in [1.807, 2.05) is 11.3 Å². The minimum Gasteiger partial charge on any atom is -0.334 e. The van der Waals surface area contributed by atoms with Crippen LogP contribution in [0.2, 0.25) is 0 Å². The molecule has 2 atom stereocenters. The van der Waals surface area contributed by atoms with Gasteiger partial charge in [-0.15, -0.1) is 11.3 Å². The van der Waals surface area contributed by atoms with E-state index in [0.29, 0.717) is 0 Å². The summed E-state index contributed by atoms with van der Waals surface area (Å²) in [6.45, 7) is 21.5. The van der Waals surface area contributed by atoms with Crippen LogP contribution in [0.1, 0.15) is 103 Å². The van der Waals surface area contributed by atoms with Crippen molar-refractivity contribution >= 4 is 100 Å². The summed E-state index contributed by atoms with van der Waals surface area (Å²) in [5.41, 5.74) is 24.2. The molecule has 0 radical (unpaired) electrons. The summed E-state index contributed by atoms with van der Waals surface area (Å²) in [4.78, 5) is 8.11. The van der Waals surface area contributed by atoms with Crippen molar-refractivity contribution < 1.29 is 0 Å². The molecule has 0 N–H and O–H groups in total. The van der Waals surface area contributed by atoms with Crippen molar-refractivity contribution in [3.05, 3.63) is 210 Å². The van der Waals surface area contributed by atoms with E-state index in [2.05, 4.69) is 265 Å². The Labute approximate surface area is 454 Å². The zero-order chi connectivity index (χ0) is 52.0. The van der Waals surface area contributed by atoms with Crippen molar-refractivity contribution in [2.75, 3.05) is 14.7 Å². The van der Waals surface area contributed by atoms with Gasteiger partial charge < -0.3 is 14.7 Å². The van der Waals surface area contributed by atoms with Crippen LogP contribution in [0.3, 0.4) is 0 Å². The molecule has 3 aliphatic heterocycles. The number of fused-ring (bicyclic) bond motifs is 10. The Kier molecular flexibility index (Phi) is 10.4. The van der Waals surface area contributed by atoms with Crippen LogP contribution in [-0.4, -0.2) is 12.3 Å². The SMILES string of the molecule is Cc1cc2c3c(c1)N(c1cccc4sc5ccccc5c14)c1cc(N4c5ccc(-c6ccccc6)cc5C5(C)CCCCC45C)ccc1B3c1cc(C(C)(C)C)ccc1N2c1ccc(C(C)(C)C)cc1-c1ccccc1. The Balaban J connectivity index is 1.07. The van der Waals surface area contributed by atoms with Crippen molar-refractivity contribution in [3.8, 4) is 22.3 Å². The molecule has 76 heavy (non-hydrogen) atoms. The van der Waals surface area contributed by atoms with Gasteiger partial charge in [-0.3, -0.25) is 0 Å². The molecular formula is C71H66BN3S. The number of thiophene rings is 1. The van der Waals surface area contributed by atoms with Crippen LogP contribution in [-0.2, 0) is 16.2 Å². The molecule has 1 aromatic heterocycles. The minimum absolute atomic E-state index is 0.0255. The number of hydrogen-bond acceptors (Lipinski definition) is 4. The van der Waals surface area contributed by atoms with Gasteiger partial charge in [0.05, 0.1) is 16.9 Å². The summed E-state index contributed by atoms with van der Waals surface area (Å²) in [7, 11) is 0. The van der Waals surface area contributed by atoms with Crippen molar-refractivity contribution in [1.82, 2.24) is 0 Å². The Morgan fingerprint density at radius 1 is 0.474 bits per heavy atom. The number of benzene rings is 9. The molecular weight excluding hydrogens is 938 g/mol. The lowest BCUT2D eigenvalue weighted by Crippen LogP contribution is -2.61.